The number of methoxy groups -OCH3 is 1. The molecule has 4 aromatic rings. The van der Waals surface area contributed by atoms with Crippen LogP contribution in [0.25, 0.3) is 11.0 Å². The van der Waals surface area contributed by atoms with E-state index in [1.165, 1.54) is 9.58 Å². The molecule has 0 saturated heterocycles. The van der Waals surface area contributed by atoms with Crippen molar-refractivity contribution in [3.8, 4) is 5.75 Å². The van der Waals surface area contributed by atoms with Gasteiger partial charge in [0.15, 0.2) is 6.04 Å². The second-order valence-electron chi connectivity index (χ2n) is 9.28. The summed E-state index contributed by atoms with van der Waals surface area (Å²) in [4.78, 5) is 29.2. The van der Waals surface area contributed by atoms with E-state index in [-0.39, 0.29) is 18.4 Å². The number of carbonyl (C=O) groups is 2. The normalized spacial score (nSPS) is 12.4. The minimum absolute atomic E-state index is 0.127. The number of nitrogens with one attached hydrogen (secondary N) is 1. The zero-order valence-electron chi connectivity index (χ0n) is 21.2. The third-order valence-electron chi connectivity index (χ3n) is 6.19. The zero-order valence-corrected chi connectivity index (χ0v) is 21.2. The lowest BCUT2D eigenvalue weighted by Crippen LogP contribution is -2.51. The number of fused-ring (bicyclic) bond motifs is 1. The number of benzene rings is 2. The number of carbonyl (C=O) groups excluding carboxylic acids is 2. The second-order valence-corrected chi connectivity index (χ2v) is 9.28. The highest BCUT2D eigenvalue weighted by atomic mass is 16.5. The maximum Gasteiger partial charge on any atom is 0.251 e. The molecule has 4 rings (SSSR count). The van der Waals surface area contributed by atoms with Crippen LogP contribution in [0.4, 0.5) is 5.69 Å². The van der Waals surface area contributed by atoms with E-state index in [4.69, 9.17) is 9.15 Å². The van der Waals surface area contributed by atoms with Gasteiger partial charge in [-0.15, -0.1) is 5.10 Å². The van der Waals surface area contributed by atoms with Crippen LogP contribution >= 0.6 is 0 Å². The summed E-state index contributed by atoms with van der Waals surface area (Å²) >= 11 is 0. The Balaban J connectivity index is 1.82. The number of amides is 2. The van der Waals surface area contributed by atoms with E-state index in [9.17, 15) is 9.59 Å². The molecule has 0 bridgehead atoms. The molecule has 36 heavy (non-hydrogen) atoms. The van der Waals surface area contributed by atoms with E-state index in [0.717, 1.165) is 5.52 Å². The fourth-order valence-corrected chi connectivity index (χ4v) is 3.90. The SMILES string of the molecule is CCC(C)(C)NC(=O)[C@H](c1ccc(C)o1)N(C(=O)Cn1nnc2ccccc21)c1cccc(OC)c1. The Hall–Kier alpha value is -4.14. The van der Waals surface area contributed by atoms with Gasteiger partial charge in [0.05, 0.1) is 12.6 Å². The molecule has 0 aliphatic heterocycles. The van der Waals surface area contributed by atoms with Crippen molar-refractivity contribution in [2.45, 2.75) is 52.2 Å². The van der Waals surface area contributed by atoms with Crippen LogP contribution in [-0.2, 0) is 16.1 Å². The van der Waals surface area contributed by atoms with Gasteiger partial charge in [-0.3, -0.25) is 14.5 Å². The molecule has 2 heterocycles. The average Bonchev–Trinajstić information content (AvgIpc) is 3.48. The first-order valence-corrected chi connectivity index (χ1v) is 11.8. The topological polar surface area (TPSA) is 102 Å². The first-order chi connectivity index (χ1) is 17.2. The summed E-state index contributed by atoms with van der Waals surface area (Å²) in [5, 5.41) is 11.4. The van der Waals surface area contributed by atoms with Gasteiger partial charge in [-0.2, -0.15) is 0 Å². The molecule has 0 fully saturated rings. The van der Waals surface area contributed by atoms with Crippen LogP contribution in [0, 0.1) is 6.92 Å². The van der Waals surface area contributed by atoms with E-state index in [1.807, 2.05) is 45.0 Å². The fourth-order valence-electron chi connectivity index (χ4n) is 3.90. The van der Waals surface area contributed by atoms with Crippen molar-refractivity contribution in [3.63, 3.8) is 0 Å². The number of nitrogens with zero attached hydrogens (tertiary/aromatic N) is 4. The van der Waals surface area contributed by atoms with Gasteiger partial charge >= 0.3 is 0 Å². The molecule has 0 radical (unpaired) electrons. The van der Waals surface area contributed by atoms with Gasteiger partial charge in [-0.05, 0) is 63.6 Å². The Morgan fingerprint density at radius 3 is 2.61 bits per heavy atom. The van der Waals surface area contributed by atoms with Crippen molar-refractivity contribution in [3.05, 3.63) is 72.2 Å². The number of aromatic nitrogens is 3. The maximum atomic E-state index is 14.0. The number of ether oxygens (including phenoxy) is 1. The van der Waals surface area contributed by atoms with E-state index in [0.29, 0.717) is 34.9 Å². The Kier molecular flexibility index (Phi) is 7.10. The lowest BCUT2D eigenvalue weighted by Gasteiger charge is -2.33. The summed E-state index contributed by atoms with van der Waals surface area (Å²) in [6.07, 6.45) is 0.709. The highest BCUT2D eigenvalue weighted by Crippen LogP contribution is 2.32. The lowest BCUT2D eigenvalue weighted by atomic mass is 10.0. The number of hydrogen-bond acceptors (Lipinski definition) is 6. The number of aryl methyl sites for hydroxylation is 1. The van der Waals surface area contributed by atoms with Gasteiger partial charge in [-0.1, -0.05) is 30.3 Å². The molecule has 0 spiro atoms. The molecule has 188 valence electrons. The molecule has 9 nitrogen and oxygen atoms in total. The van der Waals surface area contributed by atoms with Crippen molar-refractivity contribution >= 4 is 28.5 Å². The standard InChI is InChI=1S/C27H31N5O4/c1-6-27(3,4)28-26(34)25(23-15-14-18(2)36-23)32(19-10-9-11-20(16-19)35-5)24(33)17-31-22-13-8-7-12-21(22)29-30-31/h7-16,25H,6,17H2,1-5H3,(H,28,34)/t25-/m0/s1. The molecule has 0 aliphatic rings. The highest BCUT2D eigenvalue weighted by molar-refractivity contribution is 6.01. The molecule has 2 aromatic heterocycles. The summed E-state index contributed by atoms with van der Waals surface area (Å²) in [7, 11) is 1.55. The predicted molar refractivity (Wildman–Crippen MR) is 137 cm³/mol. The predicted octanol–water partition coefficient (Wildman–Crippen LogP) is 4.42. The Bertz CT molecular complexity index is 1370. The summed E-state index contributed by atoms with van der Waals surface area (Å²) in [6, 6.07) is 16.9. The van der Waals surface area contributed by atoms with E-state index in [1.54, 1.807) is 50.4 Å². The molecule has 1 atom stereocenters. The lowest BCUT2D eigenvalue weighted by molar-refractivity contribution is -0.128. The Morgan fingerprint density at radius 2 is 1.92 bits per heavy atom. The van der Waals surface area contributed by atoms with Crippen molar-refractivity contribution in [2.24, 2.45) is 0 Å². The quantitative estimate of drug-likeness (QED) is 0.373. The summed E-state index contributed by atoms with van der Waals surface area (Å²) in [5.41, 5.74) is 1.41. The van der Waals surface area contributed by atoms with Crippen LogP contribution in [0.3, 0.4) is 0 Å². The number of hydrogen-bond donors (Lipinski definition) is 1. The number of rotatable bonds is 9. The van der Waals surface area contributed by atoms with Crippen LogP contribution < -0.4 is 15.0 Å². The number of para-hydroxylation sites is 1. The Morgan fingerprint density at radius 1 is 1.14 bits per heavy atom. The monoisotopic (exact) mass is 489 g/mol. The van der Waals surface area contributed by atoms with Crippen molar-refractivity contribution in [1.82, 2.24) is 20.3 Å². The van der Waals surface area contributed by atoms with Gasteiger partial charge in [0.2, 0.25) is 5.91 Å². The van der Waals surface area contributed by atoms with Crippen LogP contribution in [0.5, 0.6) is 5.75 Å². The Labute approximate surface area is 210 Å². The maximum absolute atomic E-state index is 14.0. The van der Waals surface area contributed by atoms with Gasteiger partial charge < -0.3 is 14.5 Å². The van der Waals surface area contributed by atoms with E-state index in [2.05, 4.69) is 15.6 Å². The molecular formula is C27H31N5O4. The number of anilines is 1. The van der Waals surface area contributed by atoms with Gasteiger partial charge in [0.25, 0.3) is 5.91 Å². The van der Waals surface area contributed by atoms with E-state index >= 15 is 0 Å². The van der Waals surface area contributed by atoms with Crippen molar-refractivity contribution in [2.75, 3.05) is 12.0 Å². The number of furan rings is 1. The first kappa shape index (κ1) is 25.0. The summed E-state index contributed by atoms with van der Waals surface area (Å²) < 4.78 is 12.8. The van der Waals surface area contributed by atoms with Crippen LogP contribution in [0.15, 0.2) is 65.1 Å². The third kappa shape index (κ3) is 5.25. The molecule has 2 amide bonds. The largest absolute Gasteiger partial charge is 0.497 e. The van der Waals surface area contributed by atoms with Crippen LogP contribution in [0.2, 0.25) is 0 Å². The smallest absolute Gasteiger partial charge is 0.251 e. The van der Waals surface area contributed by atoms with Gasteiger partial charge in [0, 0.05) is 17.3 Å². The summed E-state index contributed by atoms with van der Waals surface area (Å²) in [6.45, 7) is 7.54. The average molecular weight is 490 g/mol. The second kappa shape index (κ2) is 10.2. The van der Waals surface area contributed by atoms with Gasteiger partial charge in [0.1, 0.15) is 29.3 Å². The first-order valence-electron chi connectivity index (χ1n) is 11.8. The molecule has 9 heteroatoms. The molecule has 0 unspecified atom stereocenters. The minimum atomic E-state index is -1.06. The van der Waals surface area contributed by atoms with E-state index < -0.39 is 11.6 Å². The van der Waals surface area contributed by atoms with Crippen molar-refractivity contribution in [1.29, 1.82) is 0 Å². The van der Waals surface area contributed by atoms with Crippen molar-refractivity contribution < 1.29 is 18.7 Å². The minimum Gasteiger partial charge on any atom is -0.497 e. The van der Waals surface area contributed by atoms with Crippen LogP contribution in [0.1, 0.15) is 44.8 Å². The molecule has 1 N–H and O–H groups in total. The summed E-state index contributed by atoms with van der Waals surface area (Å²) in [5.74, 6) is 0.841. The fraction of sp³-hybridized carbons (Fsp3) is 0.333. The van der Waals surface area contributed by atoms with Gasteiger partial charge in [-0.25, -0.2) is 4.68 Å². The molecular weight excluding hydrogens is 458 g/mol. The highest BCUT2D eigenvalue weighted by Gasteiger charge is 2.37. The molecule has 0 saturated carbocycles. The van der Waals surface area contributed by atoms with Crippen LogP contribution in [-0.4, -0.2) is 39.5 Å². The molecule has 0 aliphatic carbocycles. The third-order valence-corrected chi connectivity index (χ3v) is 6.19. The zero-order chi connectivity index (χ0) is 25.9. The molecule has 2 aromatic carbocycles.